The van der Waals surface area contributed by atoms with Crippen LogP contribution in [0.4, 0.5) is 5.13 Å². The van der Waals surface area contributed by atoms with Crippen molar-refractivity contribution in [2.45, 2.75) is 51.5 Å². The second-order valence-corrected chi connectivity index (χ2v) is 6.38. The van der Waals surface area contributed by atoms with Crippen LogP contribution in [0.5, 0.6) is 0 Å². The van der Waals surface area contributed by atoms with Crippen molar-refractivity contribution in [2.75, 3.05) is 11.4 Å². The monoisotopic (exact) mass is 264 g/mol. The number of aldehydes is 1. The molecule has 1 saturated heterocycles. The zero-order chi connectivity index (χ0) is 12.5. The van der Waals surface area contributed by atoms with Crippen LogP contribution in [0.15, 0.2) is 0 Å². The predicted octanol–water partition coefficient (Wildman–Crippen LogP) is 3.29. The number of carbonyl (C=O) groups is 1. The molecule has 18 heavy (non-hydrogen) atoms. The Balaban J connectivity index is 1.86. The highest BCUT2D eigenvalue weighted by Crippen LogP contribution is 2.40. The molecule has 2 heterocycles. The van der Waals surface area contributed by atoms with Crippen LogP contribution in [0.3, 0.4) is 0 Å². The molecule has 3 rings (SSSR count). The largest absolute Gasteiger partial charge is 0.345 e. The zero-order valence-electron chi connectivity index (χ0n) is 10.9. The molecule has 3 nitrogen and oxygen atoms in total. The quantitative estimate of drug-likeness (QED) is 0.785. The molecule has 0 bridgehead atoms. The van der Waals surface area contributed by atoms with E-state index in [9.17, 15) is 4.79 Å². The van der Waals surface area contributed by atoms with Crippen molar-refractivity contribution in [1.29, 1.82) is 0 Å². The molecule has 2 atom stereocenters. The molecule has 0 N–H and O–H groups in total. The summed E-state index contributed by atoms with van der Waals surface area (Å²) < 4.78 is 0. The molecular formula is C14H20N2OS. The molecule has 0 spiro atoms. The number of aromatic nitrogens is 1. The highest BCUT2D eigenvalue weighted by molar-refractivity contribution is 7.17. The highest BCUT2D eigenvalue weighted by Gasteiger charge is 2.37. The molecule has 4 heteroatoms. The Morgan fingerprint density at radius 3 is 2.94 bits per heavy atom. The van der Waals surface area contributed by atoms with Gasteiger partial charge < -0.3 is 4.90 Å². The molecule has 1 aliphatic heterocycles. The number of carbonyl (C=O) groups excluding carboxylic acids is 1. The number of aryl methyl sites for hydroxylation is 1. The standard InChI is InChI=1S/C14H20N2OS/c1-2-11-13(9-17)18-14(15-11)16-8-7-10-5-3-4-6-12(10)16/h9-10,12H,2-8H2,1H3. The minimum absolute atomic E-state index is 0.689. The van der Waals surface area contributed by atoms with Crippen LogP contribution in [0.2, 0.25) is 0 Å². The molecule has 2 fully saturated rings. The number of fused-ring (bicyclic) bond motifs is 1. The van der Waals surface area contributed by atoms with Gasteiger partial charge in [0.1, 0.15) is 0 Å². The van der Waals surface area contributed by atoms with E-state index < -0.39 is 0 Å². The van der Waals surface area contributed by atoms with Gasteiger partial charge in [0.15, 0.2) is 11.4 Å². The lowest BCUT2D eigenvalue weighted by molar-refractivity contribution is 0.112. The second kappa shape index (κ2) is 5.00. The minimum Gasteiger partial charge on any atom is -0.345 e. The van der Waals surface area contributed by atoms with Gasteiger partial charge in [0.2, 0.25) is 0 Å². The van der Waals surface area contributed by atoms with E-state index in [1.807, 2.05) is 0 Å². The van der Waals surface area contributed by atoms with Crippen LogP contribution in [-0.2, 0) is 6.42 Å². The fourth-order valence-corrected chi connectivity index (χ4v) is 4.51. The average Bonchev–Trinajstić information content (AvgIpc) is 3.01. The third kappa shape index (κ3) is 1.96. The lowest BCUT2D eigenvalue weighted by Crippen LogP contribution is -2.34. The minimum atomic E-state index is 0.689. The van der Waals surface area contributed by atoms with E-state index in [-0.39, 0.29) is 0 Å². The fraction of sp³-hybridized carbons (Fsp3) is 0.714. The zero-order valence-corrected chi connectivity index (χ0v) is 11.7. The van der Waals surface area contributed by atoms with Gasteiger partial charge >= 0.3 is 0 Å². The maximum Gasteiger partial charge on any atom is 0.186 e. The van der Waals surface area contributed by atoms with E-state index in [1.54, 1.807) is 11.3 Å². The van der Waals surface area contributed by atoms with Gasteiger partial charge in [0, 0.05) is 12.6 Å². The molecule has 2 unspecified atom stereocenters. The number of thiazole rings is 1. The summed E-state index contributed by atoms with van der Waals surface area (Å²) in [5.41, 5.74) is 0.976. The molecule has 0 amide bonds. The Hall–Kier alpha value is -0.900. The molecular weight excluding hydrogens is 244 g/mol. The molecule has 1 aliphatic carbocycles. The van der Waals surface area contributed by atoms with Crippen LogP contribution < -0.4 is 4.90 Å². The van der Waals surface area contributed by atoms with Crippen molar-refractivity contribution in [3.8, 4) is 0 Å². The van der Waals surface area contributed by atoms with Crippen molar-refractivity contribution < 1.29 is 4.79 Å². The molecule has 0 radical (unpaired) electrons. The van der Waals surface area contributed by atoms with Gasteiger partial charge in [-0.1, -0.05) is 31.1 Å². The highest BCUT2D eigenvalue weighted by atomic mass is 32.1. The SMILES string of the molecule is CCc1nc(N2CCC3CCCCC32)sc1C=O. The number of hydrogen-bond donors (Lipinski definition) is 0. The fourth-order valence-electron chi connectivity index (χ4n) is 3.46. The number of anilines is 1. The van der Waals surface area contributed by atoms with Crippen molar-refractivity contribution >= 4 is 22.8 Å². The maximum absolute atomic E-state index is 11.0. The predicted molar refractivity (Wildman–Crippen MR) is 74.6 cm³/mol. The summed E-state index contributed by atoms with van der Waals surface area (Å²) in [4.78, 5) is 19.0. The first-order valence-corrected chi connectivity index (χ1v) is 7.86. The summed E-state index contributed by atoms with van der Waals surface area (Å²) >= 11 is 1.58. The van der Waals surface area contributed by atoms with E-state index in [4.69, 9.17) is 0 Å². The van der Waals surface area contributed by atoms with Gasteiger partial charge in [-0.3, -0.25) is 4.79 Å². The van der Waals surface area contributed by atoms with Gasteiger partial charge in [-0.25, -0.2) is 4.98 Å². The Morgan fingerprint density at radius 1 is 1.39 bits per heavy atom. The Kier molecular flexibility index (Phi) is 3.37. The number of rotatable bonds is 3. The van der Waals surface area contributed by atoms with Crippen molar-refractivity contribution in [2.24, 2.45) is 5.92 Å². The second-order valence-electron chi connectivity index (χ2n) is 5.37. The van der Waals surface area contributed by atoms with Crippen LogP contribution in [-0.4, -0.2) is 23.9 Å². The normalized spacial score (nSPS) is 27.3. The first kappa shape index (κ1) is 12.2. The first-order valence-electron chi connectivity index (χ1n) is 7.05. The maximum atomic E-state index is 11.0. The third-order valence-corrected chi connectivity index (χ3v) is 5.47. The molecule has 1 aromatic heterocycles. The van der Waals surface area contributed by atoms with Crippen molar-refractivity contribution in [1.82, 2.24) is 4.98 Å². The topological polar surface area (TPSA) is 33.2 Å². The summed E-state index contributed by atoms with van der Waals surface area (Å²) in [6.45, 7) is 3.20. The molecule has 1 saturated carbocycles. The summed E-state index contributed by atoms with van der Waals surface area (Å²) in [7, 11) is 0. The van der Waals surface area contributed by atoms with Crippen LogP contribution in [0.1, 0.15) is 54.4 Å². The van der Waals surface area contributed by atoms with Crippen LogP contribution in [0, 0.1) is 5.92 Å². The van der Waals surface area contributed by atoms with Gasteiger partial charge in [-0.05, 0) is 31.6 Å². The number of hydrogen-bond acceptors (Lipinski definition) is 4. The first-order chi connectivity index (χ1) is 8.83. The van der Waals surface area contributed by atoms with E-state index >= 15 is 0 Å². The Labute approximate surface area is 112 Å². The lowest BCUT2D eigenvalue weighted by Gasteiger charge is -2.31. The molecule has 2 aliphatic rings. The Morgan fingerprint density at radius 2 is 2.22 bits per heavy atom. The van der Waals surface area contributed by atoms with E-state index in [2.05, 4.69) is 16.8 Å². The van der Waals surface area contributed by atoms with Crippen molar-refractivity contribution in [3.63, 3.8) is 0 Å². The smallest absolute Gasteiger partial charge is 0.186 e. The summed E-state index contributed by atoms with van der Waals surface area (Å²) in [6.07, 6.45) is 8.57. The van der Waals surface area contributed by atoms with E-state index in [0.29, 0.717) is 6.04 Å². The Bertz CT molecular complexity index is 443. The summed E-state index contributed by atoms with van der Waals surface area (Å²) in [5.74, 6) is 0.868. The van der Waals surface area contributed by atoms with Gasteiger partial charge in [0.25, 0.3) is 0 Å². The van der Waals surface area contributed by atoms with Crippen molar-refractivity contribution in [3.05, 3.63) is 10.6 Å². The van der Waals surface area contributed by atoms with Gasteiger partial charge in [0.05, 0.1) is 10.6 Å². The third-order valence-electron chi connectivity index (χ3n) is 4.41. The van der Waals surface area contributed by atoms with E-state index in [1.165, 1.54) is 32.1 Å². The van der Waals surface area contributed by atoms with Crippen LogP contribution >= 0.6 is 11.3 Å². The number of nitrogens with zero attached hydrogens (tertiary/aromatic N) is 2. The van der Waals surface area contributed by atoms with Gasteiger partial charge in [-0.15, -0.1) is 0 Å². The molecule has 0 aromatic carbocycles. The summed E-state index contributed by atoms with van der Waals surface area (Å²) in [5, 5.41) is 1.09. The average molecular weight is 264 g/mol. The van der Waals surface area contributed by atoms with Gasteiger partial charge in [-0.2, -0.15) is 0 Å². The van der Waals surface area contributed by atoms with Crippen LogP contribution in [0.25, 0.3) is 0 Å². The molecule has 1 aromatic rings. The molecule has 98 valence electrons. The lowest BCUT2D eigenvalue weighted by atomic mass is 9.85. The van der Waals surface area contributed by atoms with E-state index in [0.717, 1.165) is 40.9 Å². The summed E-state index contributed by atoms with van der Waals surface area (Å²) in [6, 6.07) is 0.689.